The van der Waals surface area contributed by atoms with Crippen LogP contribution in [0, 0.1) is 17.3 Å². The number of aromatic nitrogens is 1. The first-order valence-electron chi connectivity index (χ1n) is 12.3. The first kappa shape index (κ1) is 26.6. The van der Waals surface area contributed by atoms with E-state index in [9.17, 15) is 19.6 Å². The van der Waals surface area contributed by atoms with E-state index >= 15 is 0 Å². The third-order valence-electron chi connectivity index (χ3n) is 6.92. The lowest BCUT2D eigenvalue weighted by Crippen LogP contribution is -2.59. The summed E-state index contributed by atoms with van der Waals surface area (Å²) in [7, 11) is 0. The summed E-state index contributed by atoms with van der Waals surface area (Å²) in [5.74, 6) is -0.495. The molecule has 0 aromatic carbocycles. The summed E-state index contributed by atoms with van der Waals surface area (Å²) in [5.41, 5.74) is -0.480. The smallest absolute Gasteiger partial charge is 0.245 e. The Morgan fingerprint density at radius 1 is 1.26 bits per heavy atom. The second kappa shape index (κ2) is 12.1. The van der Waals surface area contributed by atoms with Crippen LogP contribution in [0.3, 0.4) is 0 Å². The largest absolute Gasteiger partial charge is 0.344 e. The van der Waals surface area contributed by atoms with Gasteiger partial charge in [0.25, 0.3) is 0 Å². The molecule has 0 radical (unpaired) electrons. The topological polar surface area (TPSA) is 106 Å². The van der Waals surface area contributed by atoms with Gasteiger partial charge < -0.3 is 10.2 Å². The van der Waals surface area contributed by atoms with Gasteiger partial charge in [0.2, 0.25) is 18.2 Å². The molecule has 1 aromatic rings. The van der Waals surface area contributed by atoms with E-state index in [1.165, 1.54) is 0 Å². The lowest BCUT2D eigenvalue weighted by atomic mass is 9.84. The SMILES string of the molecule is CC(C)(C)C(NC(=O)[C@H](CC1CCCC1)CN(O)C=O)C(=O)N1CCN(Cc2nccs2)CC1. The van der Waals surface area contributed by atoms with Crippen LogP contribution in [0.5, 0.6) is 0 Å². The number of hydrogen-bond acceptors (Lipinski definition) is 7. The van der Waals surface area contributed by atoms with E-state index < -0.39 is 17.4 Å². The van der Waals surface area contributed by atoms with Crippen LogP contribution < -0.4 is 5.32 Å². The predicted octanol–water partition coefficient (Wildman–Crippen LogP) is 2.36. The van der Waals surface area contributed by atoms with Crippen molar-refractivity contribution in [3.8, 4) is 0 Å². The fourth-order valence-electron chi connectivity index (χ4n) is 4.92. The Morgan fingerprint density at radius 3 is 2.50 bits per heavy atom. The molecule has 1 aliphatic carbocycles. The van der Waals surface area contributed by atoms with Crippen molar-refractivity contribution in [1.29, 1.82) is 0 Å². The number of hydroxylamine groups is 2. The highest BCUT2D eigenvalue weighted by Crippen LogP contribution is 2.31. The summed E-state index contributed by atoms with van der Waals surface area (Å²) in [4.78, 5) is 46.3. The minimum absolute atomic E-state index is 0.0632. The van der Waals surface area contributed by atoms with E-state index in [4.69, 9.17) is 0 Å². The van der Waals surface area contributed by atoms with Crippen molar-refractivity contribution >= 4 is 29.6 Å². The van der Waals surface area contributed by atoms with Crippen molar-refractivity contribution in [2.45, 2.75) is 65.5 Å². The molecule has 10 heteroatoms. The molecule has 1 aromatic heterocycles. The van der Waals surface area contributed by atoms with Crippen LogP contribution in [0.4, 0.5) is 0 Å². The molecule has 2 N–H and O–H groups in total. The van der Waals surface area contributed by atoms with Crippen LogP contribution in [-0.4, -0.2) is 82.0 Å². The molecule has 1 unspecified atom stereocenters. The Balaban J connectivity index is 1.62. The fourth-order valence-corrected chi connectivity index (χ4v) is 5.58. The van der Waals surface area contributed by atoms with Crippen molar-refractivity contribution in [2.75, 3.05) is 32.7 Å². The highest BCUT2D eigenvalue weighted by molar-refractivity contribution is 7.09. The van der Waals surface area contributed by atoms with Crippen LogP contribution >= 0.6 is 11.3 Å². The molecule has 9 nitrogen and oxygen atoms in total. The van der Waals surface area contributed by atoms with E-state index in [-0.39, 0.29) is 18.4 Å². The number of amides is 3. The second-order valence-corrected chi connectivity index (χ2v) is 11.6. The first-order chi connectivity index (χ1) is 16.2. The molecule has 34 heavy (non-hydrogen) atoms. The van der Waals surface area contributed by atoms with Gasteiger partial charge in [-0.15, -0.1) is 11.3 Å². The quantitative estimate of drug-likeness (QED) is 0.294. The molecule has 1 saturated heterocycles. The lowest BCUT2D eigenvalue weighted by Gasteiger charge is -2.39. The summed E-state index contributed by atoms with van der Waals surface area (Å²) in [5, 5.41) is 16.4. The van der Waals surface area contributed by atoms with Crippen LogP contribution in [-0.2, 0) is 20.9 Å². The molecular weight excluding hydrogens is 454 g/mol. The summed E-state index contributed by atoms with van der Waals surface area (Å²) in [6.07, 6.45) is 7.15. The average molecular weight is 494 g/mol. The monoisotopic (exact) mass is 493 g/mol. The highest BCUT2D eigenvalue weighted by atomic mass is 32.1. The number of thiazole rings is 1. The molecule has 0 bridgehead atoms. The van der Waals surface area contributed by atoms with Crippen LogP contribution in [0.2, 0.25) is 0 Å². The van der Waals surface area contributed by atoms with Gasteiger partial charge in [-0.05, 0) is 17.8 Å². The molecule has 1 saturated carbocycles. The van der Waals surface area contributed by atoms with Gasteiger partial charge in [0, 0.05) is 37.8 Å². The Kier molecular flexibility index (Phi) is 9.44. The molecular formula is C24H39N5O4S. The van der Waals surface area contributed by atoms with Crippen molar-refractivity contribution < 1.29 is 19.6 Å². The number of hydrogen-bond donors (Lipinski definition) is 2. The van der Waals surface area contributed by atoms with Crippen molar-refractivity contribution in [1.82, 2.24) is 25.2 Å². The molecule has 3 rings (SSSR count). The van der Waals surface area contributed by atoms with Crippen LogP contribution in [0.25, 0.3) is 0 Å². The van der Waals surface area contributed by atoms with Crippen molar-refractivity contribution in [2.24, 2.45) is 17.3 Å². The molecule has 190 valence electrons. The minimum atomic E-state index is -0.681. The average Bonchev–Trinajstić information content (AvgIpc) is 3.50. The normalized spacial score (nSPS) is 19.6. The van der Waals surface area contributed by atoms with Gasteiger partial charge >= 0.3 is 0 Å². The number of rotatable bonds is 10. The van der Waals surface area contributed by atoms with Gasteiger partial charge in [-0.3, -0.25) is 24.5 Å². The number of piperazine rings is 1. The Hall–Kier alpha value is -2.04. The predicted molar refractivity (Wildman–Crippen MR) is 130 cm³/mol. The van der Waals surface area contributed by atoms with Crippen molar-refractivity contribution in [3.05, 3.63) is 16.6 Å². The molecule has 0 spiro atoms. The van der Waals surface area contributed by atoms with E-state index in [1.54, 1.807) is 11.3 Å². The van der Waals surface area contributed by atoms with Crippen molar-refractivity contribution in [3.63, 3.8) is 0 Å². The minimum Gasteiger partial charge on any atom is -0.344 e. The standard InChI is InChI=1S/C24H39N5O4S/c1-24(2,3)21(23(32)28-11-9-27(10-12-28)16-20-25-8-13-34-20)26-22(31)19(15-29(33)17-30)14-18-6-4-5-7-18/h8,13,17-19,21,33H,4-7,9-12,14-16H2,1-3H3,(H,26,31)/t19-,21?/m1/s1. The van der Waals surface area contributed by atoms with Gasteiger partial charge in [0.1, 0.15) is 11.0 Å². The van der Waals surface area contributed by atoms with Gasteiger partial charge in [0.05, 0.1) is 19.0 Å². The summed E-state index contributed by atoms with van der Waals surface area (Å²) < 4.78 is 0. The maximum absolute atomic E-state index is 13.5. The number of carbonyl (C=O) groups is 3. The third-order valence-corrected chi connectivity index (χ3v) is 7.68. The molecule has 3 amide bonds. The van der Waals surface area contributed by atoms with E-state index in [2.05, 4.69) is 15.2 Å². The molecule has 2 atom stereocenters. The zero-order valence-electron chi connectivity index (χ0n) is 20.6. The van der Waals surface area contributed by atoms with E-state index in [0.29, 0.717) is 36.9 Å². The molecule has 2 aliphatic rings. The molecule has 1 aliphatic heterocycles. The lowest BCUT2D eigenvalue weighted by molar-refractivity contribution is -0.156. The van der Waals surface area contributed by atoms with Crippen LogP contribution in [0.15, 0.2) is 11.6 Å². The van der Waals surface area contributed by atoms with Gasteiger partial charge in [-0.25, -0.2) is 10.0 Å². The van der Waals surface area contributed by atoms with Gasteiger partial charge in [-0.2, -0.15) is 0 Å². The Labute approximate surface area is 206 Å². The molecule has 2 heterocycles. The summed E-state index contributed by atoms with van der Waals surface area (Å²) in [6, 6.07) is -0.681. The first-order valence-corrected chi connectivity index (χ1v) is 13.2. The van der Waals surface area contributed by atoms with Gasteiger partial charge in [-0.1, -0.05) is 46.5 Å². The Morgan fingerprint density at radius 2 is 1.94 bits per heavy atom. The number of nitrogens with one attached hydrogen (secondary N) is 1. The fraction of sp³-hybridized carbons (Fsp3) is 0.750. The summed E-state index contributed by atoms with van der Waals surface area (Å²) in [6.45, 7) is 9.31. The maximum Gasteiger partial charge on any atom is 0.245 e. The van der Waals surface area contributed by atoms with E-state index in [1.807, 2.05) is 37.2 Å². The highest BCUT2D eigenvalue weighted by Gasteiger charge is 2.38. The zero-order chi connectivity index (χ0) is 24.7. The van der Waals surface area contributed by atoms with E-state index in [0.717, 1.165) is 50.3 Å². The second-order valence-electron chi connectivity index (χ2n) is 10.6. The maximum atomic E-state index is 13.5. The van der Waals surface area contributed by atoms with Crippen LogP contribution in [0.1, 0.15) is 57.9 Å². The Bertz CT molecular complexity index is 799. The number of nitrogens with zero attached hydrogens (tertiary/aromatic N) is 4. The number of carbonyl (C=O) groups excluding carboxylic acids is 3. The summed E-state index contributed by atoms with van der Waals surface area (Å²) >= 11 is 1.63. The van der Waals surface area contributed by atoms with Gasteiger partial charge in [0.15, 0.2) is 0 Å². The zero-order valence-corrected chi connectivity index (χ0v) is 21.4. The third kappa shape index (κ3) is 7.48. The molecule has 2 fully saturated rings.